The van der Waals surface area contributed by atoms with Gasteiger partial charge in [-0.15, -0.1) is 24.0 Å². The van der Waals surface area contributed by atoms with Crippen molar-refractivity contribution >= 4 is 29.9 Å². The maximum Gasteiger partial charge on any atom is 0.401 e. The molecule has 0 saturated carbocycles. The van der Waals surface area contributed by atoms with Crippen LogP contribution in [0, 0.1) is 6.92 Å². The molecule has 1 rings (SSSR count). The van der Waals surface area contributed by atoms with Gasteiger partial charge in [0.25, 0.3) is 0 Å². The summed E-state index contributed by atoms with van der Waals surface area (Å²) in [4.78, 5) is 5.68. The van der Waals surface area contributed by atoms with Crippen LogP contribution in [0.4, 0.5) is 13.2 Å². The Balaban J connectivity index is 0.00000529. The van der Waals surface area contributed by atoms with E-state index < -0.39 is 12.7 Å². The fourth-order valence-electron chi connectivity index (χ4n) is 2.07. The Labute approximate surface area is 158 Å². The zero-order valence-electron chi connectivity index (χ0n) is 14.3. The molecule has 0 radical (unpaired) electrons. The van der Waals surface area contributed by atoms with Crippen LogP contribution in [0.25, 0.3) is 0 Å². The summed E-state index contributed by atoms with van der Waals surface area (Å²) < 4.78 is 36.8. The van der Waals surface area contributed by atoms with Crippen molar-refractivity contribution in [2.24, 2.45) is 4.99 Å². The lowest BCUT2D eigenvalue weighted by Crippen LogP contribution is -2.42. The van der Waals surface area contributed by atoms with Crippen molar-refractivity contribution < 1.29 is 13.2 Å². The number of rotatable bonds is 7. The average Bonchev–Trinajstić information content (AvgIpc) is 2.43. The van der Waals surface area contributed by atoms with Crippen LogP contribution in [0.3, 0.4) is 0 Å². The third kappa shape index (κ3) is 10.7. The maximum absolute atomic E-state index is 12.3. The third-order valence-corrected chi connectivity index (χ3v) is 3.08. The second-order valence-electron chi connectivity index (χ2n) is 5.46. The van der Waals surface area contributed by atoms with Crippen molar-refractivity contribution in [3.05, 3.63) is 35.4 Å². The zero-order valence-corrected chi connectivity index (χ0v) is 16.6. The number of guanidine groups is 1. The Bertz CT molecular complexity index is 506. The minimum absolute atomic E-state index is 0. The summed E-state index contributed by atoms with van der Waals surface area (Å²) in [5.74, 6) is 0.606. The number of hydrogen-bond acceptors (Lipinski definition) is 2. The highest BCUT2D eigenvalue weighted by molar-refractivity contribution is 14.0. The second kappa shape index (κ2) is 11.5. The monoisotopic (exact) mass is 458 g/mol. The number of halogens is 4. The molecule has 0 aliphatic carbocycles. The molecule has 8 heteroatoms. The van der Waals surface area contributed by atoms with E-state index in [9.17, 15) is 13.2 Å². The van der Waals surface area contributed by atoms with Gasteiger partial charge in [0.2, 0.25) is 0 Å². The second-order valence-corrected chi connectivity index (χ2v) is 5.46. The van der Waals surface area contributed by atoms with Crippen molar-refractivity contribution in [1.82, 2.24) is 15.5 Å². The summed E-state index contributed by atoms with van der Waals surface area (Å²) in [5.41, 5.74) is 2.26. The highest BCUT2D eigenvalue weighted by atomic mass is 127. The topological polar surface area (TPSA) is 39.7 Å². The molecule has 2 N–H and O–H groups in total. The number of aliphatic imine (C=N–C) groups is 1. The molecule has 24 heavy (non-hydrogen) atoms. The first-order chi connectivity index (χ1) is 10.8. The van der Waals surface area contributed by atoms with Gasteiger partial charge in [0.05, 0.1) is 13.1 Å². The van der Waals surface area contributed by atoms with Crippen molar-refractivity contribution in [3.8, 4) is 0 Å². The highest BCUT2D eigenvalue weighted by Gasteiger charge is 2.28. The number of likely N-dealkylation sites (N-methyl/N-ethyl adjacent to an activating group) is 1. The van der Waals surface area contributed by atoms with Crippen LogP contribution in [-0.4, -0.2) is 50.3 Å². The van der Waals surface area contributed by atoms with Gasteiger partial charge in [0.15, 0.2) is 5.96 Å². The first-order valence-electron chi connectivity index (χ1n) is 7.63. The van der Waals surface area contributed by atoms with Crippen molar-refractivity contribution in [3.63, 3.8) is 0 Å². The number of nitrogens with zero attached hydrogens (tertiary/aromatic N) is 2. The molecule has 0 aromatic heterocycles. The summed E-state index contributed by atoms with van der Waals surface area (Å²) in [6.07, 6.45) is -4.17. The van der Waals surface area contributed by atoms with E-state index in [1.807, 2.05) is 32.0 Å². The highest BCUT2D eigenvalue weighted by Crippen LogP contribution is 2.14. The number of nitrogens with one attached hydrogen (secondary N) is 2. The molecule has 0 heterocycles. The molecule has 138 valence electrons. The lowest BCUT2D eigenvalue weighted by Gasteiger charge is -2.19. The summed E-state index contributed by atoms with van der Waals surface area (Å²) in [5, 5.41) is 6.14. The molecule has 4 nitrogen and oxygen atoms in total. The molecule has 0 saturated heterocycles. The Hall–Kier alpha value is -1.03. The molecule has 0 amide bonds. The molecular formula is C16H26F3IN4. The van der Waals surface area contributed by atoms with Crippen LogP contribution >= 0.6 is 24.0 Å². The van der Waals surface area contributed by atoms with Crippen molar-refractivity contribution in [2.75, 3.05) is 33.2 Å². The predicted octanol–water partition coefficient (Wildman–Crippen LogP) is 3.16. The van der Waals surface area contributed by atoms with Gasteiger partial charge in [-0.1, -0.05) is 29.8 Å². The Morgan fingerprint density at radius 3 is 2.54 bits per heavy atom. The number of aryl methyl sites for hydroxylation is 1. The van der Waals surface area contributed by atoms with E-state index >= 15 is 0 Å². The molecule has 1 aromatic rings. The van der Waals surface area contributed by atoms with E-state index in [1.165, 1.54) is 17.5 Å². The third-order valence-electron chi connectivity index (χ3n) is 3.08. The van der Waals surface area contributed by atoms with Crippen LogP contribution in [0.15, 0.2) is 29.3 Å². The summed E-state index contributed by atoms with van der Waals surface area (Å²) in [6, 6.07) is 8.06. The van der Waals surface area contributed by atoms with E-state index in [4.69, 9.17) is 0 Å². The number of benzene rings is 1. The van der Waals surface area contributed by atoms with Crippen LogP contribution in [-0.2, 0) is 6.54 Å². The standard InChI is InChI=1S/C16H25F3N4.HI/c1-4-20-15(21-8-9-23(3)12-16(17,18)19)22-11-14-7-5-6-13(2)10-14;/h5-7,10H,4,8-9,11-12H2,1-3H3,(H2,20,21,22);1H. The molecule has 0 spiro atoms. The van der Waals surface area contributed by atoms with Gasteiger partial charge in [-0.2, -0.15) is 13.2 Å². The SMILES string of the molecule is CCNC(=NCc1cccc(C)c1)NCCN(C)CC(F)(F)F.I. The fourth-order valence-corrected chi connectivity index (χ4v) is 2.07. The van der Waals surface area contributed by atoms with Gasteiger partial charge in [0, 0.05) is 19.6 Å². The van der Waals surface area contributed by atoms with E-state index in [2.05, 4.69) is 21.7 Å². The van der Waals surface area contributed by atoms with E-state index in [0.29, 0.717) is 25.6 Å². The Kier molecular flexibility index (Phi) is 11.0. The summed E-state index contributed by atoms with van der Waals surface area (Å²) in [7, 11) is 1.45. The Morgan fingerprint density at radius 2 is 1.96 bits per heavy atom. The van der Waals surface area contributed by atoms with Crippen LogP contribution in [0.2, 0.25) is 0 Å². The van der Waals surface area contributed by atoms with Crippen LogP contribution in [0.1, 0.15) is 18.1 Å². The van der Waals surface area contributed by atoms with Gasteiger partial charge in [-0.3, -0.25) is 4.90 Å². The number of hydrogen-bond donors (Lipinski definition) is 2. The minimum Gasteiger partial charge on any atom is -0.357 e. The average molecular weight is 458 g/mol. The van der Waals surface area contributed by atoms with E-state index in [1.54, 1.807) is 0 Å². The van der Waals surface area contributed by atoms with Gasteiger partial charge < -0.3 is 10.6 Å². The first kappa shape index (κ1) is 23.0. The molecular weight excluding hydrogens is 432 g/mol. The number of alkyl halides is 3. The summed E-state index contributed by atoms with van der Waals surface area (Å²) >= 11 is 0. The molecule has 0 fully saturated rings. The van der Waals surface area contributed by atoms with E-state index in [-0.39, 0.29) is 30.5 Å². The largest absolute Gasteiger partial charge is 0.401 e. The minimum atomic E-state index is -4.17. The molecule has 1 aromatic carbocycles. The lowest BCUT2D eigenvalue weighted by atomic mass is 10.1. The first-order valence-corrected chi connectivity index (χ1v) is 7.63. The van der Waals surface area contributed by atoms with Gasteiger partial charge in [-0.25, -0.2) is 4.99 Å². The van der Waals surface area contributed by atoms with Gasteiger partial charge in [-0.05, 0) is 26.5 Å². The molecule has 0 atom stereocenters. The molecule has 0 unspecified atom stereocenters. The zero-order chi connectivity index (χ0) is 17.3. The van der Waals surface area contributed by atoms with Crippen LogP contribution in [0.5, 0.6) is 0 Å². The molecule has 0 bridgehead atoms. The van der Waals surface area contributed by atoms with Gasteiger partial charge in [0.1, 0.15) is 0 Å². The lowest BCUT2D eigenvalue weighted by molar-refractivity contribution is -0.142. The predicted molar refractivity (Wildman–Crippen MR) is 103 cm³/mol. The fraction of sp³-hybridized carbons (Fsp3) is 0.562. The Morgan fingerprint density at radius 1 is 1.25 bits per heavy atom. The van der Waals surface area contributed by atoms with Crippen molar-refractivity contribution in [2.45, 2.75) is 26.6 Å². The quantitative estimate of drug-likeness (QED) is 0.375. The smallest absolute Gasteiger partial charge is 0.357 e. The summed E-state index contributed by atoms with van der Waals surface area (Å²) in [6.45, 7) is 4.95. The van der Waals surface area contributed by atoms with Crippen LogP contribution < -0.4 is 10.6 Å². The normalized spacial score (nSPS) is 12.0. The molecule has 0 aliphatic rings. The van der Waals surface area contributed by atoms with Gasteiger partial charge >= 0.3 is 6.18 Å². The van der Waals surface area contributed by atoms with E-state index in [0.717, 1.165) is 5.56 Å². The maximum atomic E-state index is 12.3. The van der Waals surface area contributed by atoms with Crippen molar-refractivity contribution in [1.29, 1.82) is 0 Å². The molecule has 0 aliphatic heterocycles.